The van der Waals surface area contributed by atoms with Gasteiger partial charge in [0.25, 0.3) is 0 Å². The Bertz CT molecular complexity index is 395. The first-order chi connectivity index (χ1) is 11.0. The van der Waals surface area contributed by atoms with Gasteiger partial charge in [0.15, 0.2) is 0 Å². The molecular formula is C17H27F2NO3. The molecule has 3 fully saturated rings. The van der Waals surface area contributed by atoms with Gasteiger partial charge in [0, 0.05) is 44.4 Å². The lowest BCUT2D eigenvalue weighted by molar-refractivity contribution is -0.142. The van der Waals surface area contributed by atoms with Crippen LogP contribution in [0.3, 0.4) is 0 Å². The van der Waals surface area contributed by atoms with Gasteiger partial charge in [-0.05, 0) is 32.1 Å². The number of ether oxygens (including phenoxy) is 2. The van der Waals surface area contributed by atoms with E-state index in [-0.39, 0.29) is 30.8 Å². The Morgan fingerprint density at radius 1 is 1.13 bits per heavy atom. The van der Waals surface area contributed by atoms with Crippen LogP contribution in [-0.2, 0) is 14.3 Å². The molecule has 2 saturated heterocycles. The van der Waals surface area contributed by atoms with Crippen molar-refractivity contribution in [2.75, 3.05) is 32.9 Å². The molecule has 2 aliphatic heterocycles. The summed E-state index contributed by atoms with van der Waals surface area (Å²) < 4.78 is 37.7. The normalized spacial score (nSPS) is 29.8. The van der Waals surface area contributed by atoms with Crippen LogP contribution in [0.1, 0.15) is 44.9 Å². The lowest BCUT2D eigenvalue weighted by Gasteiger charge is -2.36. The van der Waals surface area contributed by atoms with Crippen LogP contribution < -0.4 is 0 Å². The molecule has 0 spiro atoms. The van der Waals surface area contributed by atoms with Crippen LogP contribution in [0, 0.1) is 11.8 Å². The molecule has 0 aromatic rings. The van der Waals surface area contributed by atoms with Gasteiger partial charge in [-0.25, -0.2) is 8.78 Å². The Labute approximate surface area is 136 Å². The van der Waals surface area contributed by atoms with Crippen LogP contribution in [0.15, 0.2) is 0 Å². The number of hydrogen-bond acceptors (Lipinski definition) is 3. The zero-order valence-electron chi connectivity index (χ0n) is 13.6. The lowest BCUT2D eigenvalue weighted by atomic mass is 9.85. The average Bonchev–Trinajstić information content (AvgIpc) is 3.06. The highest BCUT2D eigenvalue weighted by atomic mass is 19.3. The summed E-state index contributed by atoms with van der Waals surface area (Å²) in [6, 6.07) is 0. The van der Waals surface area contributed by atoms with Crippen molar-refractivity contribution in [3.63, 3.8) is 0 Å². The van der Waals surface area contributed by atoms with Crippen LogP contribution in [0.5, 0.6) is 0 Å². The fraction of sp³-hybridized carbons (Fsp3) is 0.941. The van der Waals surface area contributed by atoms with Gasteiger partial charge >= 0.3 is 0 Å². The molecule has 3 aliphatic rings. The second kappa shape index (κ2) is 7.43. The number of piperidine rings is 1. The molecule has 0 N–H and O–H groups in total. The molecule has 4 nitrogen and oxygen atoms in total. The number of rotatable bonds is 4. The third-order valence-corrected chi connectivity index (χ3v) is 5.41. The molecule has 0 unspecified atom stereocenters. The predicted octanol–water partition coefficient (Wildman–Crippen LogP) is 2.86. The van der Waals surface area contributed by atoms with E-state index >= 15 is 0 Å². The molecule has 1 atom stereocenters. The Balaban J connectivity index is 1.37. The standard InChI is InChI=1S/C17H27F2NO3/c18-17(19)6-1-14(2-7-17)16(21)20-8-3-15(4-9-20)23-12-13-5-10-22-11-13/h13-15H,1-12H2/t13-/m1/s1. The molecule has 0 bridgehead atoms. The Hall–Kier alpha value is -0.750. The van der Waals surface area contributed by atoms with Crippen LogP contribution in [0.2, 0.25) is 0 Å². The molecule has 23 heavy (non-hydrogen) atoms. The van der Waals surface area contributed by atoms with Crippen molar-refractivity contribution in [2.24, 2.45) is 11.8 Å². The van der Waals surface area contributed by atoms with E-state index in [0.717, 1.165) is 39.1 Å². The van der Waals surface area contributed by atoms with E-state index in [4.69, 9.17) is 9.47 Å². The number of nitrogens with zero attached hydrogens (tertiary/aromatic N) is 1. The smallest absolute Gasteiger partial charge is 0.248 e. The monoisotopic (exact) mass is 331 g/mol. The lowest BCUT2D eigenvalue weighted by Crippen LogP contribution is -2.45. The number of hydrogen-bond donors (Lipinski definition) is 0. The second-order valence-corrected chi connectivity index (χ2v) is 7.22. The summed E-state index contributed by atoms with van der Waals surface area (Å²) in [4.78, 5) is 14.3. The molecule has 0 radical (unpaired) electrons. The van der Waals surface area contributed by atoms with Crippen LogP contribution >= 0.6 is 0 Å². The first-order valence-corrected chi connectivity index (χ1v) is 8.89. The van der Waals surface area contributed by atoms with Gasteiger partial charge < -0.3 is 14.4 Å². The molecule has 2 heterocycles. The average molecular weight is 331 g/mol. The van der Waals surface area contributed by atoms with E-state index in [1.165, 1.54) is 0 Å². The van der Waals surface area contributed by atoms with E-state index in [1.807, 2.05) is 4.90 Å². The highest BCUT2D eigenvalue weighted by Crippen LogP contribution is 2.37. The van der Waals surface area contributed by atoms with Gasteiger partial charge in [-0.1, -0.05) is 0 Å². The molecule has 6 heteroatoms. The maximum Gasteiger partial charge on any atom is 0.248 e. The van der Waals surface area contributed by atoms with Gasteiger partial charge in [0.2, 0.25) is 11.8 Å². The largest absolute Gasteiger partial charge is 0.381 e. The first kappa shape index (κ1) is 17.1. The molecule has 3 rings (SSSR count). The highest BCUT2D eigenvalue weighted by molar-refractivity contribution is 5.79. The molecule has 1 saturated carbocycles. The Morgan fingerprint density at radius 2 is 1.83 bits per heavy atom. The first-order valence-electron chi connectivity index (χ1n) is 8.89. The van der Waals surface area contributed by atoms with E-state index in [9.17, 15) is 13.6 Å². The molecule has 0 aromatic carbocycles. The van der Waals surface area contributed by atoms with Crippen molar-refractivity contribution in [2.45, 2.75) is 57.0 Å². The topological polar surface area (TPSA) is 38.8 Å². The van der Waals surface area contributed by atoms with Crippen LogP contribution in [0.4, 0.5) is 8.78 Å². The zero-order chi connectivity index (χ0) is 16.3. The maximum atomic E-state index is 13.2. The number of amides is 1. The van der Waals surface area contributed by atoms with Crippen molar-refractivity contribution in [1.29, 1.82) is 0 Å². The number of alkyl halides is 2. The summed E-state index contributed by atoms with van der Waals surface area (Å²) in [5.74, 6) is -2.19. The van der Waals surface area contributed by atoms with Crippen molar-refractivity contribution >= 4 is 5.91 Å². The van der Waals surface area contributed by atoms with Gasteiger partial charge in [-0.15, -0.1) is 0 Å². The molecule has 1 aliphatic carbocycles. The van der Waals surface area contributed by atoms with Crippen LogP contribution in [-0.4, -0.2) is 55.7 Å². The summed E-state index contributed by atoms with van der Waals surface area (Å²) in [6.07, 6.45) is 3.34. The fourth-order valence-corrected chi connectivity index (χ4v) is 3.78. The number of carbonyl (C=O) groups excluding carboxylic acids is 1. The summed E-state index contributed by atoms with van der Waals surface area (Å²) >= 11 is 0. The minimum Gasteiger partial charge on any atom is -0.381 e. The van der Waals surface area contributed by atoms with Crippen molar-refractivity contribution in [3.8, 4) is 0 Å². The molecular weight excluding hydrogens is 304 g/mol. The third kappa shape index (κ3) is 4.63. The van der Waals surface area contributed by atoms with Crippen molar-refractivity contribution in [1.82, 2.24) is 4.90 Å². The summed E-state index contributed by atoms with van der Waals surface area (Å²) in [6.45, 7) is 3.76. The van der Waals surface area contributed by atoms with Gasteiger partial charge in [0.1, 0.15) is 0 Å². The van der Waals surface area contributed by atoms with Crippen LogP contribution in [0.25, 0.3) is 0 Å². The quantitative estimate of drug-likeness (QED) is 0.795. The zero-order valence-corrected chi connectivity index (χ0v) is 13.6. The Kier molecular flexibility index (Phi) is 5.52. The number of halogens is 2. The second-order valence-electron chi connectivity index (χ2n) is 7.22. The predicted molar refractivity (Wildman–Crippen MR) is 81.4 cm³/mol. The van der Waals surface area contributed by atoms with E-state index < -0.39 is 5.92 Å². The third-order valence-electron chi connectivity index (χ3n) is 5.41. The summed E-state index contributed by atoms with van der Waals surface area (Å²) in [5, 5.41) is 0. The van der Waals surface area contributed by atoms with Gasteiger partial charge in [0.05, 0.1) is 19.3 Å². The SMILES string of the molecule is O=C(C1CCC(F)(F)CC1)N1CCC(OC[C@@H]2CCOC2)CC1. The van der Waals surface area contributed by atoms with Crippen molar-refractivity contribution < 1.29 is 23.0 Å². The minimum atomic E-state index is -2.57. The maximum absolute atomic E-state index is 13.2. The van der Waals surface area contributed by atoms with E-state index in [0.29, 0.717) is 31.8 Å². The molecule has 0 aromatic heterocycles. The fourth-order valence-electron chi connectivity index (χ4n) is 3.78. The number of likely N-dealkylation sites (tertiary alicyclic amines) is 1. The van der Waals surface area contributed by atoms with Gasteiger partial charge in [-0.2, -0.15) is 0 Å². The summed E-state index contributed by atoms with van der Waals surface area (Å²) in [5.41, 5.74) is 0. The van der Waals surface area contributed by atoms with Crippen molar-refractivity contribution in [3.05, 3.63) is 0 Å². The van der Waals surface area contributed by atoms with E-state index in [2.05, 4.69) is 0 Å². The summed E-state index contributed by atoms with van der Waals surface area (Å²) in [7, 11) is 0. The highest BCUT2D eigenvalue weighted by Gasteiger charge is 2.39. The van der Waals surface area contributed by atoms with E-state index in [1.54, 1.807) is 0 Å². The van der Waals surface area contributed by atoms with Gasteiger partial charge in [-0.3, -0.25) is 4.79 Å². The Morgan fingerprint density at radius 3 is 2.43 bits per heavy atom. The molecule has 1 amide bonds. The number of carbonyl (C=O) groups is 1. The molecule has 132 valence electrons. The minimum absolute atomic E-state index is 0.0724.